The molecule has 0 saturated carbocycles. The zero-order valence-corrected chi connectivity index (χ0v) is 12.5. The van der Waals surface area contributed by atoms with Crippen LogP contribution in [0.15, 0.2) is 36.5 Å². The maximum atomic E-state index is 13.4. The molecule has 1 aromatic carbocycles. The molecule has 25 heavy (non-hydrogen) atoms. The largest absolute Gasteiger partial charge is 0.468 e. The number of urea groups is 1. The lowest BCUT2D eigenvalue weighted by atomic mass is 10.2. The number of nitrogens with one attached hydrogen (secondary N) is 2. The summed E-state index contributed by atoms with van der Waals surface area (Å²) in [4.78, 5) is 15.3. The lowest BCUT2D eigenvalue weighted by molar-refractivity contribution is -0.154. The number of carbonyl (C=O) groups is 1. The number of alkyl halides is 3. The van der Waals surface area contributed by atoms with E-state index in [2.05, 4.69) is 20.4 Å². The molecule has 0 fully saturated rings. The third-order valence-corrected chi connectivity index (χ3v) is 2.84. The van der Waals surface area contributed by atoms with Gasteiger partial charge < -0.3 is 15.4 Å². The van der Waals surface area contributed by atoms with Gasteiger partial charge in [-0.1, -0.05) is 6.07 Å². The van der Waals surface area contributed by atoms with Crippen molar-refractivity contribution < 1.29 is 31.5 Å². The first-order chi connectivity index (χ1) is 11.7. The Labute approximate surface area is 138 Å². The summed E-state index contributed by atoms with van der Waals surface area (Å²) in [6.07, 6.45) is -3.28. The van der Waals surface area contributed by atoms with Gasteiger partial charge in [0, 0.05) is 18.8 Å². The fourth-order valence-electron chi connectivity index (χ4n) is 1.74. The van der Waals surface area contributed by atoms with Gasteiger partial charge in [0.2, 0.25) is 5.88 Å². The standard InChI is InChI=1S/C15H12F5N3O2/c16-10-2-1-3-11(13(10)17)23-14(24)22-7-9-4-5-21-12(6-9)25-8-15(18,19)20/h1-6H,7-8H2,(H2,22,23,24). The van der Waals surface area contributed by atoms with Crippen LogP contribution in [0.3, 0.4) is 0 Å². The molecule has 0 aliphatic heterocycles. The Balaban J connectivity index is 1.90. The smallest absolute Gasteiger partial charge is 0.422 e. The summed E-state index contributed by atoms with van der Waals surface area (Å²) in [6.45, 7) is -1.58. The summed E-state index contributed by atoms with van der Waals surface area (Å²) in [5.41, 5.74) is 0.0588. The minimum atomic E-state index is -4.50. The number of amides is 2. The van der Waals surface area contributed by atoms with Gasteiger partial charge in [0.05, 0.1) is 5.69 Å². The van der Waals surface area contributed by atoms with Crippen LogP contribution < -0.4 is 15.4 Å². The van der Waals surface area contributed by atoms with E-state index >= 15 is 0 Å². The summed E-state index contributed by atoms with van der Waals surface area (Å²) in [7, 11) is 0. The van der Waals surface area contributed by atoms with E-state index in [4.69, 9.17) is 0 Å². The Morgan fingerprint density at radius 2 is 1.96 bits per heavy atom. The van der Waals surface area contributed by atoms with Crippen LogP contribution in [0.4, 0.5) is 32.4 Å². The van der Waals surface area contributed by atoms with Gasteiger partial charge in [-0.3, -0.25) is 0 Å². The monoisotopic (exact) mass is 361 g/mol. The fraction of sp³-hybridized carbons (Fsp3) is 0.200. The Morgan fingerprint density at radius 1 is 1.20 bits per heavy atom. The van der Waals surface area contributed by atoms with Crippen LogP contribution in [0.2, 0.25) is 0 Å². The number of halogens is 5. The molecule has 2 aromatic rings. The molecular formula is C15H12F5N3O2. The van der Waals surface area contributed by atoms with Crippen molar-refractivity contribution in [2.75, 3.05) is 11.9 Å². The van der Waals surface area contributed by atoms with E-state index in [0.29, 0.717) is 5.56 Å². The van der Waals surface area contributed by atoms with Crippen LogP contribution >= 0.6 is 0 Å². The number of benzene rings is 1. The van der Waals surface area contributed by atoms with Crippen molar-refractivity contribution in [1.29, 1.82) is 0 Å². The number of aromatic nitrogens is 1. The zero-order chi connectivity index (χ0) is 18.4. The molecule has 0 aliphatic rings. The van der Waals surface area contributed by atoms with Crippen LogP contribution in [0.25, 0.3) is 0 Å². The first kappa shape index (κ1) is 18.4. The van der Waals surface area contributed by atoms with E-state index in [9.17, 15) is 26.7 Å². The molecule has 1 heterocycles. The van der Waals surface area contributed by atoms with Crippen molar-refractivity contribution in [3.63, 3.8) is 0 Å². The van der Waals surface area contributed by atoms with Crippen LogP contribution in [0, 0.1) is 11.6 Å². The molecule has 0 radical (unpaired) electrons. The Morgan fingerprint density at radius 3 is 2.68 bits per heavy atom. The molecule has 0 saturated heterocycles. The maximum Gasteiger partial charge on any atom is 0.422 e. The highest BCUT2D eigenvalue weighted by molar-refractivity contribution is 5.89. The van der Waals surface area contributed by atoms with Gasteiger partial charge in [-0.05, 0) is 23.8 Å². The molecule has 2 rings (SSSR count). The van der Waals surface area contributed by atoms with E-state index in [1.54, 1.807) is 0 Å². The van der Waals surface area contributed by atoms with E-state index in [1.165, 1.54) is 30.5 Å². The van der Waals surface area contributed by atoms with Gasteiger partial charge in [0.25, 0.3) is 0 Å². The SMILES string of the molecule is O=C(NCc1ccnc(OCC(F)(F)F)c1)Nc1cccc(F)c1F. The molecule has 134 valence electrons. The normalized spacial score (nSPS) is 11.1. The van der Waals surface area contributed by atoms with Gasteiger partial charge in [-0.25, -0.2) is 18.6 Å². The van der Waals surface area contributed by atoms with Crippen molar-refractivity contribution in [3.05, 3.63) is 53.7 Å². The number of rotatable bonds is 5. The number of pyridine rings is 1. The molecule has 0 spiro atoms. The number of nitrogens with zero attached hydrogens (tertiary/aromatic N) is 1. The fourth-order valence-corrected chi connectivity index (χ4v) is 1.74. The molecule has 5 nitrogen and oxygen atoms in total. The van der Waals surface area contributed by atoms with Crippen molar-refractivity contribution in [2.24, 2.45) is 0 Å². The molecular weight excluding hydrogens is 349 g/mol. The van der Waals surface area contributed by atoms with Gasteiger partial charge in [-0.15, -0.1) is 0 Å². The lowest BCUT2D eigenvalue weighted by Gasteiger charge is -2.11. The molecule has 2 N–H and O–H groups in total. The molecule has 0 atom stereocenters. The molecule has 2 amide bonds. The summed E-state index contributed by atoms with van der Waals surface area (Å²) < 4.78 is 67.2. The lowest BCUT2D eigenvalue weighted by Crippen LogP contribution is -2.28. The number of ether oxygens (including phenoxy) is 1. The minimum Gasteiger partial charge on any atom is -0.468 e. The van der Waals surface area contributed by atoms with Gasteiger partial charge in [0.15, 0.2) is 18.2 Å². The van der Waals surface area contributed by atoms with Crippen LogP contribution in [0.1, 0.15) is 5.56 Å². The Hall–Kier alpha value is -2.91. The average Bonchev–Trinajstić information content (AvgIpc) is 2.55. The number of anilines is 1. The quantitative estimate of drug-likeness (QED) is 0.800. The van der Waals surface area contributed by atoms with E-state index in [0.717, 1.165) is 6.07 Å². The van der Waals surface area contributed by atoms with Gasteiger partial charge in [-0.2, -0.15) is 13.2 Å². The summed E-state index contributed by atoms with van der Waals surface area (Å²) in [5.74, 6) is -2.57. The number of carbonyl (C=O) groups excluding carboxylic acids is 1. The topological polar surface area (TPSA) is 63.2 Å². The second-order valence-electron chi connectivity index (χ2n) is 4.82. The van der Waals surface area contributed by atoms with Crippen molar-refractivity contribution in [3.8, 4) is 5.88 Å². The minimum absolute atomic E-state index is 0.0896. The average molecular weight is 361 g/mol. The molecule has 1 aromatic heterocycles. The van der Waals surface area contributed by atoms with E-state index < -0.39 is 30.4 Å². The highest BCUT2D eigenvalue weighted by Gasteiger charge is 2.28. The van der Waals surface area contributed by atoms with Crippen LogP contribution in [-0.2, 0) is 6.54 Å². The summed E-state index contributed by atoms with van der Waals surface area (Å²) >= 11 is 0. The molecule has 0 bridgehead atoms. The molecule has 10 heteroatoms. The Bertz CT molecular complexity index is 752. The summed E-state index contributed by atoms with van der Waals surface area (Å²) in [6, 6.07) is 5.14. The second kappa shape index (κ2) is 7.77. The molecule has 0 unspecified atom stereocenters. The van der Waals surface area contributed by atoms with E-state index in [1.807, 2.05) is 0 Å². The molecule has 0 aliphatic carbocycles. The zero-order valence-electron chi connectivity index (χ0n) is 12.5. The maximum absolute atomic E-state index is 13.4. The number of hydrogen-bond acceptors (Lipinski definition) is 3. The highest BCUT2D eigenvalue weighted by Crippen LogP contribution is 2.18. The Kier molecular flexibility index (Phi) is 5.73. The first-order valence-corrected chi connectivity index (χ1v) is 6.88. The van der Waals surface area contributed by atoms with Crippen molar-refractivity contribution >= 4 is 11.7 Å². The third kappa shape index (κ3) is 5.90. The van der Waals surface area contributed by atoms with E-state index in [-0.39, 0.29) is 18.1 Å². The summed E-state index contributed by atoms with van der Waals surface area (Å²) in [5, 5.41) is 4.47. The third-order valence-electron chi connectivity index (χ3n) is 2.84. The highest BCUT2D eigenvalue weighted by atomic mass is 19.4. The van der Waals surface area contributed by atoms with Crippen molar-refractivity contribution in [2.45, 2.75) is 12.7 Å². The van der Waals surface area contributed by atoms with Gasteiger partial charge in [0.1, 0.15) is 0 Å². The van der Waals surface area contributed by atoms with Crippen LogP contribution in [0.5, 0.6) is 5.88 Å². The van der Waals surface area contributed by atoms with Crippen molar-refractivity contribution in [1.82, 2.24) is 10.3 Å². The van der Waals surface area contributed by atoms with Gasteiger partial charge >= 0.3 is 12.2 Å². The second-order valence-corrected chi connectivity index (χ2v) is 4.82. The van der Waals surface area contributed by atoms with Crippen LogP contribution in [-0.4, -0.2) is 23.8 Å². The predicted molar refractivity (Wildman–Crippen MR) is 78.0 cm³/mol. The predicted octanol–water partition coefficient (Wildman–Crippen LogP) is 3.62. The first-order valence-electron chi connectivity index (χ1n) is 6.88. The number of hydrogen-bond donors (Lipinski definition) is 2.